The molecule has 1 rings (SSSR count). The number of esters is 1. The Balaban J connectivity index is 3.03. The van der Waals surface area contributed by atoms with Gasteiger partial charge < -0.3 is 24.1 Å². The molecule has 1 aliphatic heterocycles. The van der Waals surface area contributed by atoms with Crippen LogP contribution in [-0.4, -0.2) is 65.9 Å². The molecule has 1 heterocycles. The van der Waals surface area contributed by atoms with Gasteiger partial charge in [0.25, 0.3) is 0 Å². The van der Waals surface area contributed by atoms with Crippen LogP contribution in [0.4, 0.5) is 4.79 Å². The van der Waals surface area contributed by atoms with E-state index in [0.29, 0.717) is 25.0 Å². The molecule has 0 unspecified atom stereocenters. The van der Waals surface area contributed by atoms with E-state index in [0.717, 1.165) is 0 Å². The molecular formula is C26H48BN3O7. The lowest BCUT2D eigenvalue weighted by atomic mass is 9.80. The molecule has 1 fully saturated rings. The first-order valence-electron chi connectivity index (χ1n) is 13.0. The van der Waals surface area contributed by atoms with Crippen LogP contribution in [0, 0.1) is 5.92 Å². The molecular weight excluding hydrogens is 477 g/mol. The SMILES string of the molecule is CC(=O)N[C@H](C(=O)OC(C)(C)C)[C@H](CCCB1OC(C)(C)C(C)(C)O1)CN=C(C)NC(=O)OC(C)(C)C. The molecule has 2 atom stereocenters. The maximum atomic E-state index is 13.1. The Morgan fingerprint density at radius 2 is 1.43 bits per heavy atom. The quantitative estimate of drug-likeness (QED) is 0.199. The number of nitrogens with zero attached hydrogens (tertiary/aromatic N) is 1. The van der Waals surface area contributed by atoms with Crippen molar-refractivity contribution < 1.29 is 33.2 Å². The lowest BCUT2D eigenvalue weighted by Gasteiger charge is -2.32. The number of amidine groups is 1. The van der Waals surface area contributed by atoms with E-state index in [1.54, 1.807) is 48.5 Å². The molecule has 10 nitrogen and oxygen atoms in total. The highest BCUT2D eigenvalue weighted by molar-refractivity contribution is 6.45. The first kappa shape index (κ1) is 32.9. The van der Waals surface area contributed by atoms with Gasteiger partial charge in [0.05, 0.1) is 11.2 Å². The fourth-order valence-corrected chi connectivity index (χ4v) is 3.69. The number of nitrogens with one attached hydrogen (secondary N) is 2. The third-order valence-electron chi connectivity index (χ3n) is 6.05. The Labute approximate surface area is 223 Å². The molecule has 37 heavy (non-hydrogen) atoms. The molecule has 1 aliphatic rings. The lowest BCUT2D eigenvalue weighted by Crippen LogP contribution is -2.49. The summed E-state index contributed by atoms with van der Waals surface area (Å²) in [5, 5.41) is 5.35. The predicted molar refractivity (Wildman–Crippen MR) is 144 cm³/mol. The standard InChI is InChI=1S/C26H48BN3O7/c1-17(29-22(33)35-24(6,7)8)28-16-19(20(30-18(2)31)21(32)34-23(3,4)5)14-13-15-27-36-25(9,10)26(11,12)37-27/h19-20H,13-16H2,1-12H3,(H,30,31)(H,28,29,33)/t19-,20+/m1/s1. The Bertz CT molecular complexity index is 828. The minimum Gasteiger partial charge on any atom is -0.458 e. The number of ether oxygens (including phenoxy) is 2. The van der Waals surface area contributed by atoms with Crippen molar-refractivity contribution in [3.05, 3.63) is 0 Å². The average molecular weight is 525 g/mol. The van der Waals surface area contributed by atoms with Crippen molar-refractivity contribution in [2.75, 3.05) is 6.54 Å². The molecule has 0 bridgehead atoms. The highest BCUT2D eigenvalue weighted by Crippen LogP contribution is 2.38. The largest absolute Gasteiger partial charge is 0.458 e. The van der Waals surface area contributed by atoms with Crippen LogP contribution in [0.3, 0.4) is 0 Å². The highest BCUT2D eigenvalue weighted by Gasteiger charge is 2.50. The number of amides is 2. The number of carbonyl (C=O) groups is 3. The van der Waals surface area contributed by atoms with E-state index in [1.165, 1.54) is 6.92 Å². The van der Waals surface area contributed by atoms with Gasteiger partial charge in [-0.1, -0.05) is 6.42 Å². The second kappa shape index (κ2) is 12.6. The monoisotopic (exact) mass is 525 g/mol. The van der Waals surface area contributed by atoms with Gasteiger partial charge in [0.15, 0.2) is 0 Å². The van der Waals surface area contributed by atoms with Crippen LogP contribution in [0.1, 0.15) is 95.9 Å². The maximum absolute atomic E-state index is 13.1. The van der Waals surface area contributed by atoms with Gasteiger partial charge >= 0.3 is 19.2 Å². The molecule has 2 N–H and O–H groups in total. The van der Waals surface area contributed by atoms with E-state index in [1.807, 2.05) is 27.7 Å². The van der Waals surface area contributed by atoms with Crippen molar-refractivity contribution in [1.82, 2.24) is 10.6 Å². The van der Waals surface area contributed by atoms with E-state index >= 15 is 0 Å². The highest BCUT2D eigenvalue weighted by atomic mass is 16.7. The molecule has 0 aromatic heterocycles. The van der Waals surface area contributed by atoms with Gasteiger partial charge in [-0.05, 0) is 88.9 Å². The molecule has 212 valence electrons. The van der Waals surface area contributed by atoms with Crippen LogP contribution in [0.25, 0.3) is 0 Å². The van der Waals surface area contributed by atoms with E-state index < -0.39 is 46.4 Å². The van der Waals surface area contributed by atoms with Gasteiger partial charge in [-0.2, -0.15) is 0 Å². The van der Waals surface area contributed by atoms with E-state index in [-0.39, 0.29) is 19.6 Å². The molecule has 0 aliphatic carbocycles. The third-order valence-corrected chi connectivity index (χ3v) is 6.05. The van der Waals surface area contributed by atoms with Gasteiger partial charge in [-0.3, -0.25) is 15.1 Å². The lowest BCUT2D eigenvalue weighted by molar-refractivity contribution is -0.160. The molecule has 0 aromatic carbocycles. The zero-order valence-electron chi connectivity index (χ0n) is 24.9. The van der Waals surface area contributed by atoms with Crippen molar-refractivity contribution in [1.29, 1.82) is 0 Å². The topological polar surface area (TPSA) is 125 Å². The van der Waals surface area contributed by atoms with E-state index in [4.69, 9.17) is 18.8 Å². The summed E-state index contributed by atoms with van der Waals surface area (Å²) in [7, 11) is -0.370. The average Bonchev–Trinajstić information content (AvgIpc) is 2.85. The van der Waals surface area contributed by atoms with Gasteiger partial charge in [0, 0.05) is 19.4 Å². The van der Waals surface area contributed by atoms with E-state index in [2.05, 4.69) is 15.6 Å². The van der Waals surface area contributed by atoms with Gasteiger partial charge in [-0.25, -0.2) is 9.59 Å². The number of carbonyl (C=O) groups excluding carboxylic acids is 3. The summed E-state index contributed by atoms with van der Waals surface area (Å²) in [6.45, 7) is 21.8. The van der Waals surface area contributed by atoms with Gasteiger partial charge in [0.1, 0.15) is 23.1 Å². The third kappa shape index (κ3) is 11.9. The Hall–Kier alpha value is -2.14. The second-order valence-corrected chi connectivity index (χ2v) is 12.6. The van der Waals surface area contributed by atoms with Crippen LogP contribution < -0.4 is 10.6 Å². The normalized spacial score (nSPS) is 19.1. The minimum absolute atomic E-state index is 0.176. The number of alkyl carbamates (subject to hydrolysis) is 1. The van der Waals surface area contributed by atoms with Crippen molar-refractivity contribution >= 4 is 30.9 Å². The molecule has 0 saturated carbocycles. The Kier molecular flexibility index (Phi) is 11.2. The smallest absolute Gasteiger partial charge is 0.457 e. The van der Waals surface area contributed by atoms with Crippen LogP contribution in [0.15, 0.2) is 4.99 Å². The summed E-state index contributed by atoms with van der Waals surface area (Å²) < 4.78 is 23.1. The number of rotatable bonds is 9. The molecule has 0 radical (unpaired) electrons. The number of hydrogen-bond donors (Lipinski definition) is 2. The van der Waals surface area contributed by atoms with Gasteiger partial charge in [-0.15, -0.1) is 0 Å². The Morgan fingerprint density at radius 3 is 1.89 bits per heavy atom. The molecule has 2 amide bonds. The molecule has 0 spiro atoms. The zero-order chi connectivity index (χ0) is 28.8. The van der Waals surface area contributed by atoms with Gasteiger partial charge in [0.2, 0.25) is 5.91 Å². The van der Waals surface area contributed by atoms with Crippen LogP contribution in [0.5, 0.6) is 0 Å². The summed E-state index contributed by atoms with van der Waals surface area (Å²) >= 11 is 0. The number of aliphatic imine (C=N–C) groups is 1. The number of hydrogen-bond acceptors (Lipinski definition) is 8. The van der Waals surface area contributed by atoms with Crippen molar-refractivity contribution in [3.63, 3.8) is 0 Å². The van der Waals surface area contributed by atoms with Crippen molar-refractivity contribution in [3.8, 4) is 0 Å². The summed E-state index contributed by atoms with van der Waals surface area (Å²) in [5.41, 5.74) is -2.23. The fraction of sp³-hybridized carbons (Fsp3) is 0.846. The van der Waals surface area contributed by atoms with Crippen LogP contribution >= 0.6 is 0 Å². The summed E-state index contributed by atoms with van der Waals surface area (Å²) in [4.78, 5) is 41.7. The maximum Gasteiger partial charge on any atom is 0.457 e. The first-order chi connectivity index (χ1) is 16.6. The molecule has 11 heteroatoms. The summed E-state index contributed by atoms with van der Waals surface area (Å²) in [6, 6.07) is -0.909. The summed E-state index contributed by atoms with van der Waals surface area (Å²) in [6.07, 6.45) is 1.20. The van der Waals surface area contributed by atoms with Crippen molar-refractivity contribution in [2.24, 2.45) is 10.9 Å². The molecule has 0 aromatic rings. The predicted octanol–water partition coefficient (Wildman–Crippen LogP) is 4.26. The Morgan fingerprint density at radius 1 is 0.919 bits per heavy atom. The van der Waals surface area contributed by atoms with Crippen molar-refractivity contribution in [2.45, 2.75) is 131 Å². The second-order valence-electron chi connectivity index (χ2n) is 12.6. The first-order valence-corrected chi connectivity index (χ1v) is 13.0. The fourth-order valence-electron chi connectivity index (χ4n) is 3.69. The minimum atomic E-state index is -0.909. The summed E-state index contributed by atoms with van der Waals surface area (Å²) in [5.74, 6) is -0.928. The van der Waals surface area contributed by atoms with Crippen LogP contribution in [-0.2, 0) is 28.4 Å². The van der Waals surface area contributed by atoms with E-state index in [9.17, 15) is 14.4 Å². The zero-order valence-corrected chi connectivity index (χ0v) is 24.9. The molecule has 1 saturated heterocycles. The van der Waals surface area contributed by atoms with Crippen LogP contribution in [0.2, 0.25) is 6.32 Å².